The first kappa shape index (κ1) is 6.84. The number of cyclic esters (lactones) is 2. The van der Waals surface area contributed by atoms with Gasteiger partial charge < -0.3 is 10.9 Å². The number of hydrogen-bond donors (Lipinski definition) is 1. The summed E-state index contributed by atoms with van der Waals surface area (Å²) in [5, 5.41) is 0. The van der Waals surface area contributed by atoms with Crippen molar-refractivity contribution in [1.82, 2.24) is 6.15 Å². The topological polar surface area (TPSA) is 78.4 Å². The molecule has 0 radical (unpaired) electrons. The number of carbonyl (C=O) groups is 2. The van der Waals surface area contributed by atoms with Gasteiger partial charge in [0, 0.05) is 12.2 Å². The number of ether oxygens (including phenoxy) is 1. The Balaban J connectivity index is 0.000000490. The lowest BCUT2D eigenvalue weighted by atomic mass is 10.6. The molecule has 0 unspecified atom stereocenters. The first-order valence-corrected chi connectivity index (χ1v) is 1.73. The van der Waals surface area contributed by atoms with Crippen molar-refractivity contribution in [3.05, 3.63) is 12.2 Å². The summed E-state index contributed by atoms with van der Waals surface area (Å²) in [6.45, 7) is 0. The quantitative estimate of drug-likeness (QED) is 0.350. The van der Waals surface area contributed by atoms with Crippen molar-refractivity contribution >= 4 is 11.9 Å². The fourth-order valence-corrected chi connectivity index (χ4v) is 0.303. The second-order valence-corrected chi connectivity index (χ2v) is 1.07. The van der Waals surface area contributed by atoms with Crippen molar-refractivity contribution in [2.45, 2.75) is 0 Å². The molecule has 44 valence electrons. The Morgan fingerprint density at radius 3 is 1.62 bits per heavy atom. The predicted octanol–water partition coefficient (Wildman–Crippen LogP) is -0.212. The Morgan fingerprint density at radius 1 is 1.12 bits per heavy atom. The van der Waals surface area contributed by atoms with Crippen LogP contribution in [-0.2, 0) is 14.3 Å². The van der Waals surface area contributed by atoms with Gasteiger partial charge in [0.25, 0.3) is 0 Å². The smallest absolute Gasteiger partial charge is 0.338 e. The number of hydrogen-bond acceptors (Lipinski definition) is 4. The van der Waals surface area contributed by atoms with E-state index in [4.69, 9.17) is 0 Å². The van der Waals surface area contributed by atoms with Crippen molar-refractivity contribution < 1.29 is 14.3 Å². The summed E-state index contributed by atoms with van der Waals surface area (Å²) in [5.74, 6) is -1.16. The lowest BCUT2D eigenvalue weighted by Crippen LogP contribution is -1.96. The van der Waals surface area contributed by atoms with E-state index in [1.807, 2.05) is 0 Å². The van der Waals surface area contributed by atoms with Gasteiger partial charge in [-0.15, -0.1) is 0 Å². The zero-order chi connectivity index (χ0) is 5.28. The van der Waals surface area contributed by atoms with E-state index < -0.39 is 11.9 Å². The normalized spacial score (nSPS) is 15.5. The molecule has 0 spiro atoms. The molecular formula is C4H5NO3. The molecule has 8 heavy (non-hydrogen) atoms. The molecule has 0 saturated heterocycles. The van der Waals surface area contributed by atoms with Crippen molar-refractivity contribution in [2.24, 2.45) is 0 Å². The molecule has 4 nitrogen and oxygen atoms in total. The molecule has 1 aliphatic heterocycles. The maximum atomic E-state index is 9.92. The number of esters is 2. The molecule has 0 amide bonds. The monoisotopic (exact) mass is 115 g/mol. The third-order valence-electron chi connectivity index (χ3n) is 0.557. The van der Waals surface area contributed by atoms with Crippen LogP contribution in [0.25, 0.3) is 0 Å². The van der Waals surface area contributed by atoms with Crippen LogP contribution in [-0.4, -0.2) is 11.9 Å². The number of rotatable bonds is 0. The predicted molar refractivity (Wildman–Crippen MR) is 25.3 cm³/mol. The van der Waals surface area contributed by atoms with E-state index >= 15 is 0 Å². The molecule has 0 atom stereocenters. The van der Waals surface area contributed by atoms with Crippen LogP contribution >= 0.6 is 0 Å². The summed E-state index contributed by atoms with van der Waals surface area (Å²) >= 11 is 0. The van der Waals surface area contributed by atoms with E-state index in [0.29, 0.717) is 0 Å². The molecule has 3 N–H and O–H groups in total. The lowest BCUT2D eigenvalue weighted by Gasteiger charge is -1.80. The van der Waals surface area contributed by atoms with Gasteiger partial charge >= 0.3 is 11.9 Å². The summed E-state index contributed by atoms with van der Waals surface area (Å²) < 4.78 is 3.97. The molecule has 0 saturated carbocycles. The third-order valence-corrected chi connectivity index (χ3v) is 0.557. The Hall–Kier alpha value is -1.16. The fourth-order valence-electron chi connectivity index (χ4n) is 0.303. The SMILES string of the molecule is N.O=C1C=CC(=O)O1. The Morgan fingerprint density at radius 2 is 1.50 bits per heavy atom. The molecular weight excluding hydrogens is 110 g/mol. The molecule has 0 aromatic rings. The molecule has 0 aromatic carbocycles. The molecule has 0 aliphatic carbocycles. The van der Waals surface area contributed by atoms with Crippen molar-refractivity contribution in [3.63, 3.8) is 0 Å². The van der Waals surface area contributed by atoms with Crippen LogP contribution in [0.3, 0.4) is 0 Å². The largest absolute Gasteiger partial charge is 0.387 e. The summed E-state index contributed by atoms with van der Waals surface area (Å²) in [6.07, 6.45) is 2.17. The van der Waals surface area contributed by atoms with E-state index in [2.05, 4.69) is 4.74 Å². The minimum atomic E-state index is -0.579. The zero-order valence-corrected chi connectivity index (χ0v) is 4.09. The van der Waals surface area contributed by atoms with Crippen molar-refractivity contribution in [1.29, 1.82) is 0 Å². The minimum absolute atomic E-state index is 0. The molecule has 0 aromatic heterocycles. The Bertz CT molecular complexity index is 133. The molecule has 1 heterocycles. The van der Waals surface area contributed by atoms with E-state index in [-0.39, 0.29) is 6.15 Å². The van der Waals surface area contributed by atoms with E-state index in [9.17, 15) is 9.59 Å². The van der Waals surface area contributed by atoms with Crippen LogP contribution in [0, 0.1) is 0 Å². The van der Waals surface area contributed by atoms with Crippen LogP contribution in [0.1, 0.15) is 0 Å². The van der Waals surface area contributed by atoms with Gasteiger partial charge in [0.15, 0.2) is 0 Å². The second kappa shape index (κ2) is 2.23. The average Bonchev–Trinajstić information content (AvgIpc) is 1.87. The van der Waals surface area contributed by atoms with Gasteiger partial charge in [-0.05, 0) is 0 Å². The van der Waals surface area contributed by atoms with Crippen molar-refractivity contribution in [2.75, 3.05) is 0 Å². The van der Waals surface area contributed by atoms with Gasteiger partial charge in [-0.25, -0.2) is 9.59 Å². The fraction of sp³-hybridized carbons (Fsp3) is 0. The van der Waals surface area contributed by atoms with Gasteiger partial charge in [-0.2, -0.15) is 0 Å². The minimum Gasteiger partial charge on any atom is -0.387 e. The zero-order valence-electron chi connectivity index (χ0n) is 4.09. The van der Waals surface area contributed by atoms with E-state index in [0.717, 1.165) is 12.2 Å². The highest BCUT2D eigenvalue weighted by molar-refractivity contribution is 6.04. The summed E-state index contributed by atoms with van der Waals surface area (Å²) in [4.78, 5) is 19.8. The van der Waals surface area contributed by atoms with Crippen LogP contribution in [0.5, 0.6) is 0 Å². The van der Waals surface area contributed by atoms with Crippen LogP contribution in [0.2, 0.25) is 0 Å². The first-order valence-electron chi connectivity index (χ1n) is 1.73. The van der Waals surface area contributed by atoms with Gasteiger partial charge in [-0.3, -0.25) is 0 Å². The van der Waals surface area contributed by atoms with Crippen LogP contribution < -0.4 is 6.15 Å². The van der Waals surface area contributed by atoms with Gasteiger partial charge in [-0.1, -0.05) is 0 Å². The van der Waals surface area contributed by atoms with Gasteiger partial charge in [0.1, 0.15) is 0 Å². The van der Waals surface area contributed by atoms with Gasteiger partial charge in [0.05, 0.1) is 0 Å². The summed E-state index contributed by atoms with van der Waals surface area (Å²) in [6, 6.07) is 0. The van der Waals surface area contributed by atoms with Crippen molar-refractivity contribution in [3.8, 4) is 0 Å². The van der Waals surface area contributed by atoms with Gasteiger partial charge in [0.2, 0.25) is 0 Å². The highest BCUT2D eigenvalue weighted by atomic mass is 16.6. The summed E-state index contributed by atoms with van der Waals surface area (Å²) in [5.41, 5.74) is 0. The second-order valence-electron chi connectivity index (χ2n) is 1.07. The molecule has 0 fully saturated rings. The third kappa shape index (κ3) is 1.16. The standard InChI is InChI=1S/C4H2O3.H3N/c5-3-1-2-4(6)7-3;/h1-2H;1H3. The van der Waals surface area contributed by atoms with Crippen LogP contribution in [0.15, 0.2) is 12.2 Å². The lowest BCUT2D eigenvalue weighted by molar-refractivity contribution is -0.150. The molecule has 1 aliphatic rings. The number of carbonyl (C=O) groups excluding carboxylic acids is 2. The van der Waals surface area contributed by atoms with E-state index in [1.54, 1.807) is 0 Å². The molecule has 0 bridgehead atoms. The van der Waals surface area contributed by atoms with Crippen LogP contribution in [0.4, 0.5) is 0 Å². The van der Waals surface area contributed by atoms with E-state index in [1.165, 1.54) is 0 Å². The highest BCUT2D eigenvalue weighted by Gasteiger charge is 2.10. The maximum absolute atomic E-state index is 9.92. The summed E-state index contributed by atoms with van der Waals surface area (Å²) in [7, 11) is 0. The average molecular weight is 115 g/mol. The first-order chi connectivity index (χ1) is 3.29. The molecule has 4 heteroatoms. The molecule has 1 rings (SSSR count). The Kier molecular flexibility index (Phi) is 1.90. The highest BCUT2D eigenvalue weighted by Crippen LogP contribution is 1.92. The Labute approximate surface area is 45.7 Å². The maximum Gasteiger partial charge on any atom is 0.338 e.